The maximum Gasteiger partial charge on any atom is 0.472 e. The summed E-state index contributed by atoms with van der Waals surface area (Å²) in [5.41, 5.74) is 0. The number of esters is 2. The molecule has 0 heterocycles. The Balaban J connectivity index is 2.58. The van der Waals surface area contributed by atoms with E-state index < -0.39 is 75.7 Å². The molecule has 14 heteroatoms. The zero-order valence-electron chi connectivity index (χ0n) is 35.6. The van der Waals surface area contributed by atoms with Gasteiger partial charge in [0.15, 0.2) is 6.10 Å². The summed E-state index contributed by atoms with van der Waals surface area (Å²) in [6, 6.07) is 0. The molecule has 0 aliphatic heterocycles. The summed E-state index contributed by atoms with van der Waals surface area (Å²) < 4.78 is 33.3. The van der Waals surface area contributed by atoms with Crippen LogP contribution in [-0.4, -0.2) is 98.3 Å². The lowest BCUT2D eigenvalue weighted by molar-refractivity contribution is -0.220. The van der Waals surface area contributed by atoms with Crippen LogP contribution in [0.1, 0.15) is 90.9 Å². The number of allylic oxidation sites excluding steroid dienone is 22. The summed E-state index contributed by atoms with van der Waals surface area (Å²) in [7, 11) is -5.15. The molecule has 0 saturated heterocycles. The van der Waals surface area contributed by atoms with Gasteiger partial charge in [0.2, 0.25) is 0 Å². The Morgan fingerprint density at radius 1 is 0.508 bits per heavy atom. The molecule has 0 spiro atoms. The van der Waals surface area contributed by atoms with E-state index in [0.29, 0.717) is 12.8 Å². The highest BCUT2D eigenvalue weighted by molar-refractivity contribution is 7.47. The number of aliphatic hydroxyl groups is 5. The van der Waals surface area contributed by atoms with Crippen molar-refractivity contribution in [1.82, 2.24) is 0 Å². The normalized spacial score (nSPS) is 23.3. The van der Waals surface area contributed by atoms with E-state index in [0.717, 1.165) is 51.4 Å². The highest BCUT2D eigenvalue weighted by Crippen LogP contribution is 2.47. The summed E-state index contributed by atoms with van der Waals surface area (Å²) >= 11 is 0. The zero-order chi connectivity index (χ0) is 45.0. The van der Waals surface area contributed by atoms with Crippen LogP contribution >= 0.6 is 7.82 Å². The van der Waals surface area contributed by atoms with Gasteiger partial charge in [0.05, 0.1) is 6.61 Å². The van der Waals surface area contributed by atoms with Crippen LogP contribution in [0.25, 0.3) is 0 Å². The second-order valence-electron chi connectivity index (χ2n) is 14.0. The molecule has 0 amide bonds. The number of carbonyl (C=O) groups is 2. The standard InChI is InChI=1S/C47H69O13P/c1-3-5-7-9-11-13-15-17-18-19-20-21-22-24-25-27-29-31-33-35-40(48)57-37-39(38-58-61(55,56)60-47-45(53)43(51)42(50)44(52)46(47)54)59-41(49)36-34-32-30-28-26-23-16-14-12-10-8-6-4-2/h5-26,39,42-47,50-54H,3-4,27-38H2,1-2H3,(H,55,56)/b7-5+,8-6+,11-9+,12-10+,15-13+,16-14+,18-17+,20-19+,22-21+,25-24+,26-23+/t39?,42?,43-,44?,45?,46?,47?/m0/s1. The van der Waals surface area contributed by atoms with Crippen LogP contribution in [0.15, 0.2) is 134 Å². The molecule has 0 aromatic carbocycles. The SMILES string of the molecule is CC/C=C/C=C/C=C/C=C/C=C/C=C/C=C/CCCCCC(=O)OCC(COP(=O)(O)OC1C(O)C(O)C(O)[C@H](O)C1O)OC(=O)CCCCC/C=C/C=C/C=C/C=C/CC. The van der Waals surface area contributed by atoms with Crippen LogP contribution < -0.4 is 0 Å². The number of phosphoric acid groups is 1. The maximum atomic E-state index is 12.8. The molecule has 0 radical (unpaired) electrons. The van der Waals surface area contributed by atoms with E-state index in [1.54, 1.807) is 0 Å². The third-order valence-corrected chi connectivity index (χ3v) is 9.76. The number of phosphoric ester groups is 1. The second-order valence-corrected chi connectivity index (χ2v) is 15.4. The third-order valence-electron chi connectivity index (χ3n) is 8.78. The molecule has 340 valence electrons. The summed E-state index contributed by atoms with van der Waals surface area (Å²) in [4.78, 5) is 35.6. The van der Waals surface area contributed by atoms with Crippen LogP contribution in [0.3, 0.4) is 0 Å². The molecule has 0 aromatic rings. The first-order valence-electron chi connectivity index (χ1n) is 21.1. The lowest BCUT2D eigenvalue weighted by Crippen LogP contribution is -2.64. The molecule has 8 atom stereocenters. The molecule has 0 aromatic heterocycles. The van der Waals surface area contributed by atoms with Crippen molar-refractivity contribution < 1.29 is 63.1 Å². The van der Waals surface area contributed by atoms with E-state index in [-0.39, 0.29) is 12.8 Å². The molecule has 7 unspecified atom stereocenters. The zero-order valence-corrected chi connectivity index (χ0v) is 36.5. The molecule has 1 aliphatic carbocycles. The van der Waals surface area contributed by atoms with Crippen LogP contribution in [0.2, 0.25) is 0 Å². The number of hydrogen-bond acceptors (Lipinski definition) is 12. The Morgan fingerprint density at radius 3 is 1.31 bits per heavy atom. The minimum Gasteiger partial charge on any atom is -0.462 e. The first-order chi connectivity index (χ1) is 29.4. The highest BCUT2D eigenvalue weighted by atomic mass is 31.2. The summed E-state index contributed by atoms with van der Waals surface area (Å²) in [5.74, 6) is -1.22. The number of aliphatic hydroxyl groups excluding tert-OH is 5. The molecule has 1 saturated carbocycles. The van der Waals surface area contributed by atoms with Crippen LogP contribution in [0.4, 0.5) is 0 Å². The van der Waals surface area contributed by atoms with Gasteiger partial charge in [-0.3, -0.25) is 18.6 Å². The second kappa shape index (κ2) is 35.6. The van der Waals surface area contributed by atoms with Gasteiger partial charge in [-0.05, 0) is 51.4 Å². The van der Waals surface area contributed by atoms with Gasteiger partial charge >= 0.3 is 19.8 Å². The molecular weight excluding hydrogens is 803 g/mol. The van der Waals surface area contributed by atoms with Crippen LogP contribution in [0.5, 0.6) is 0 Å². The van der Waals surface area contributed by atoms with Gasteiger partial charge in [-0.25, -0.2) is 4.57 Å². The molecule has 6 N–H and O–H groups in total. The van der Waals surface area contributed by atoms with Crippen LogP contribution in [-0.2, 0) is 32.7 Å². The van der Waals surface area contributed by atoms with E-state index in [4.69, 9.17) is 18.5 Å². The Morgan fingerprint density at radius 2 is 0.885 bits per heavy atom. The number of ether oxygens (including phenoxy) is 2. The predicted octanol–water partition coefficient (Wildman–Crippen LogP) is 7.60. The van der Waals surface area contributed by atoms with Gasteiger partial charge in [-0.1, -0.05) is 160 Å². The van der Waals surface area contributed by atoms with Crippen molar-refractivity contribution in [2.75, 3.05) is 13.2 Å². The summed E-state index contributed by atoms with van der Waals surface area (Å²) in [6.45, 7) is 2.89. The molecule has 1 rings (SSSR count). The minimum atomic E-state index is -5.15. The minimum absolute atomic E-state index is 0.0298. The molecule has 1 fully saturated rings. The first-order valence-corrected chi connectivity index (χ1v) is 22.6. The van der Waals surface area contributed by atoms with E-state index in [2.05, 4.69) is 26.0 Å². The molecule has 61 heavy (non-hydrogen) atoms. The summed E-state index contributed by atoms with van der Waals surface area (Å²) in [6.07, 6.45) is 38.0. The van der Waals surface area contributed by atoms with Gasteiger partial charge in [-0.15, -0.1) is 0 Å². The van der Waals surface area contributed by atoms with E-state index in [1.165, 1.54) is 0 Å². The predicted molar refractivity (Wildman–Crippen MR) is 239 cm³/mol. The Bertz CT molecular complexity index is 1570. The van der Waals surface area contributed by atoms with E-state index in [1.807, 2.05) is 122 Å². The number of rotatable bonds is 31. The van der Waals surface area contributed by atoms with Crippen molar-refractivity contribution in [2.45, 2.75) is 134 Å². The largest absolute Gasteiger partial charge is 0.472 e. The molecular formula is C47H69O13P. The van der Waals surface area contributed by atoms with Crippen molar-refractivity contribution in [2.24, 2.45) is 0 Å². The lowest BCUT2D eigenvalue weighted by atomic mass is 9.85. The van der Waals surface area contributed by atoms with E-state index >= 15 is 0 Å². The third kappa shape index (κ3) is 28.3. The average molecular weight is 873 g/mol. The Labute approximate surface area is 362 Å². The summed E-state index contributed by atoms with van der Waals surface area (Å²) in [5, 5.41) is 50.1. The lowest BCUT2D eigenvalue weighted by Gasteiger charge is -2.41. The topological polar surface area (TPSA) is 210 Å². The smallest absolute Gasteiger partial charge is 0.462 e. The van der Waals surface area contributed by atoms with Gasteiger partial charge in [0.25, 0.3) is 0 Å². The van der Waals surface area contributed by atoms with Gasteiger partial charge in [0.1, 0.15) is 43.2 Å². The van der Waals surface area contributed by atoms with Crippen molar-refractivity contribution >= 4 is 19.8 Å². The van der Waals surface area contributed by atoms with Gasteiger partial charge in [-0.2, -0.15) is 0 Å². The quantitative estimate of drug-likeness (QED) is 0.0172. The fraction of sp³-hybridized carbons (Fsp3) is 0.489. The van der Waals surface area contributed by atoms with Crippen molar-refractivity contribution in [3.63, 3.8) is 0 Å². The van der Waals surface area contributed by atoms with Crippen molar-refractivity contribution in [1.29, 1.82) is 0 Å². The molecule has 0 bridgehead atoms. The highest BCUT2D eigenvalue weighted by Gasteiger charge is 2.51. The number of carbonyl (C=O) groups excluding carboxylic acids is 2. The Kier molecular flexibility index (Phi) is 32.1. The molecule has 1 aliphatic rings. The van der Waals surface area contributed by atoms with Gasteiger partial charge < -0.3 is 39.9 Å². The van der Waals surface area contributed by atoms with E-state index in [9.17, 15) is 44.6 Å². The number of unbranched alkanes of at least 4 members (excludes halogenated alkanes) is 6. The average Bonchev–Trinajstić information content (AvgIpc) is 3.24. The van der Waals surface area contributed by atoms with Crippen molar-refractivity contribution in [3.8, 4) is 0 Å². The fourth-order valence-corrected chi connectivity index (χ4v) is 6.37. The van der Waals surface area contributed by atoms with Gasteiger partial charge in [0, 0.05) is 12.8 Å². The monoisotopic (exact) mass is 872 g/mol. The first kappa shape index (κ1) is 55.0. The fourth-order valence-electron chi connectivity index (χ4n) is 5.40. The number of hydrogen-bond donors (Lipinski definition) is 6. The van der Waals surface area contributed by atoms with Crippen LogP contribution in [0, 0.1) is 0 Å². The maximum absolute atomic E-state index is 12.8. The Hall–Kier alpha value is -4.01. The van der Waals surface area contributed by atoms with Crippen molar-refractivity contribution in [3.05, 3.63) is 134 Å². The molecule has 13 nitrogen and oxygen atoms in total.